The third-order valence-corrected chi connectivity index (χ3v) is 3.96. The Kier molecular flexibility index (Phi) is 7.49. The highest BCUT2D eigenvalue weighted by Gasteiger charge is 2.17. The number of carbonyl (C=O) groups excluding carboxylic acids is 2. The highest BCUT2D eigenvalue weighted by Crippen LogP contribution is 2.37. The third-order valence-electron chi connectivity index (χ3n) is 3.71. The minimum atomic E-state index is -0.364. The fourth-order valence-electron chi connectivity index (χ4n) is 2.51. The van der Waals surface area contributed by atoms with Crippen LogP contribution in [-0.2, 0) is 4.79 Å². The largest absolute Gasteiger partial charge is 0.492 e. The maximum absolute atomic E-state index is 12.7. The second-order valence-corrected chi connectivity index (χ2v) is 5.93. The zero-order valence-corrected chi connectivity index (χ0v) is 16.4. The monoisotopic (exact) mass is 390 g/mol. The molecule has 0 heterocycles. The number of hydrogen-bond acceptors (Lipinski definition) is 4. The fraction of sp³-hybridized carbons (Fsp3) is 0.300. The van der Waals surface area contributed by atoms with Crippen molar-refractivity contribution in [2.45, 2.75) is 20.8 Å². The van der Waals surface area contributed by atoms with E-state index in [9.17, 15) is 9.59 Å². The molecule has 0 aromatic heterocycles. The van der Waals surface area contributed by atoms with E-state index >= 15 is 0 Å². The van der Waals surface area contributed by atoms with Crippen LogP contribution in [0.2, 0.25) is 0 Å². The second kappa shape index (κ2) is 9.83. The lowest BCUT2D eigenvalue weighted by Crippen LogP contribution is -2.16. The number of nitrogens with one attached hydrogen (secondary N) is 2. The molecule has 2 aromatic rings. The van der Waals surface area contributed by atoms with E-state index in [0.717, 1.165) is 5.56 Å². The molecular formula is C20H23ClN2O4. The molecule has 0 aliphatic rings. The summed E-state index contributed by atoms with van der Waals surface area (Å²) in [7, 11) is 0. The minimum absolute atomic E-state index is 0.179. The number of halogens is 1. The van der Waals surface area contributed by atoms with E-state index in [1.807, 2.05) is 39.0 Å². The van der Waals surface area contributed by atoms with Crippen molar-refractivity contribution >= 4 is 34.8 Å². The number of rotatable bonds is 8. The maximum Gasteiger partial charge on any atom is 0.256 e. The molecule has 0 saturated carbocycles. The number of hydrogen-bond donors (Lipinski definition) is 2. The van der Waals surface area contributed by atoms with Gasteiger partial charge in [-0.1, -0.05) is 18.2 Å². The van der Waals surface area contributed by atoms with Crippen molar-refractivity contribution in [1.82, 2.24) is 0 Å². The summed E-state index contributed by atoms with van der Waals surface area (Å²) in [6.45, 7) is 6.32. The summed E-state index contributed by atoms with van der Waals surface area (Å²) in [5, 5.41) is 5.54. The van der Waals surface area contributed by atoms with Crippen molar-refractivity contribution in [3.05, 3.63) is 47.5 Å². The Morgan fingerprint density at radius 1 is 0.963 bits per heavy atom. The van der Waals surface area contributed by atoms with Gasteiger partial charge in [-0.05, 0) is 32.4 Å². The van der Waals surface area contributed by atoms with Gasteiger partial charge in [0.15, 0.2) is 0 Å². The number of carbonyl (C=O) groups is 2. The van der Waals surface area contributed by atoms with Crippen LogP contribution in [0, 0.1) is 6.92 Å². The van der Waals surface area contributed by atoms with Gasteiger partial charge in [0.05, 0.1) is 24.6 Å². The summed E-state index contributed by atoms with van der Waals surface area (Å²) in [5.74, 6) is 0.0412. The van der Waals surface area contributed by atoms with Crippen LogP contribution >= 0.6 is 11.6 Å². The van der Waals surface area contributed by atoms with Crippen molar-refractivity contribution in [3.8, 4) is 11.5 Å². The molecular weight excluding hydrogens is 368 g/mol. The Morgan fingerprint density at radius 3 is 2.04 bits per heavy atom. The van der Waals surface area contributed by atoms with Crippen LogP contribution in [0.5, 0.6) is 11.5 Å². The fourth-order valence-corrected chi connectivity index (χ4v) is 2.57. The average Bonchev–Trinajstić information content (AvgIpc) is 2.65. The predicted molar refractivity (Wildman–Crippen MR) is 107 cm³/mol. The van der Waals surface area contributed by atoms with Crippen molar-refractivity contribution < 1.29 is 19.1 Å². The van der Waals surface area contributed by atoms with Crippen molar-refractivity contribution in [2.24, 2.45) is 0 Å². The molecule has 2 rings (SSSR count). The average molecular weight is 391 g/mol. The molecule has 0 fully saturated rings. The number of anilines is 2. The lowest BCUT2D eigenvalue weighted by molar-refractivity contribution is -0.113. The highest BCUT2D eigenvalue weighted by molar-refractivity contribution is 6.29. The van der Waals surface area contributed by atoms with Crippen LogP contribution in [0.4, 0.5) is 11.4 Å². The Balaban J connectivity index is 2.41. The number of benzene rings is 2. The summed E-state index contributed by atoms with van der Waals surface area (Å²) in [5.41, 5.74) is 2.32. The molecule has 0 saturated heterocycles. The molecule has 0 aliphatic carbocycles. The van der Waals surface area contributed by atoms with Crippen molar-refractivity contribution in [1.29, 1.82) is 0 Å². The Morgan fingerprint density at radius 2 is 1.52 bits per heavy atom. The van der Waals surface area contributed by atoms with Crippen molar-refractivity contribution in [3.63, 3.8) is 0 Å². The first-order chi connectivity index (χ1) is 13.0. The van der Waals surface area contributed by atoms with E-state index in [-0.39, 0.29) is 17.7 Å². The number of amides is 2. The minimum Gasteiger partial charge on any atom is -0.492 e. The number of alkyl halides is 1. The first-order valence-corrected chi connectivity index (χ1v) is 9.20. The molecule has 2 N–H and O–H groups in total. The van der Waals surface area contributed by atoms with Gasteiger partial charge in [0.1, 0.15) is 17.4 Å². The van der Waals surface area contributed by atoms with Gasteiger partial charge < -0.3 is 20.1 Å². The van der Waals surface area contributed by atoms with Crippen LogP contribution < -0.4 is 20.1 Å². The summed E-state index contributed by atoms with van der Waals surface area (Å²) < 4.78 is 11.2. The lowest BCUT2D eigenvalue weighted by atomic mass is 10.1. The van der Waals surface area contributed by atoms with Gasteiger partial charge in [-0.3, -0.25) is 9.59 Å². The second-order valence-electron chi connectivity index (χ2n) is 5.66. The number of ether oxygens (including phenoxy) is 2. The zero-order chi connectivity index (χ0) is 19.8. The SMILES string of the molecule is CCOc1cc(NC(=O)c2ccccc2C)c(OCC)cc1NC(=O)CCl. The molecule has 2 amide bonds. The van der Waals surface area contributed by atoms with E-state index in [4.69, 9.17) is 21.1 Å². The third kappa shape index (κ3) is 5.37. The topological polar surface area (TPSA) is 76.7 Å². The quantitative estimate of drug-likeness (QED) is 0.661. The van der Waals surface area contributed by atoms with Gasteiger partial charge in [-0.2, -0.15) is 0 Å². The summed E-state index contributed by atoms with van der Waals surface area (Å²) in [4.78, 5) is 24.4. The van der Waals surface area contributed by atoms with Gasteiger partial charge in [0, 0.05) is 17.7 Å². The predicted octanol–water partition coefficient (Wildman–Crippen LogP) is 4.22. The molecule has 0 radical (unpaired) electrons. The first kappa shape index (κ1) is 20.6. The van der Waals surface area contributed by atoms with Gasteiger partial charge in [0.2, 0.25) is 5.91 Å². The molecule has 2 aromatic carbocycles. The van der Waals surface area contributed by atoms with Gasteiger partial charge in [-0.25, -0.2) is 0 Å². The maximum atomic E-state index is 12.7. The molecule has 0 aliphatic heterocycles. The van der Waals surface area contributed by atoms with E-state index in [1.165, 1.54) is 0 Å². The lowest BCUT2D eigenvalue weighted by Gasteiger charge is -2.18. The Hall–Kier alpha value is -2.73. The van der Waals surface area contributed by atoms with Crippen LogP contribution in [0.3, 0.4) is 0 Å². The van der Waals surface area contributed by atoms with Gasteiger partial charge >= 0.3 is 0 Å². The van der Waals surface area contributed by atoms with Crippen LogP contribution in [0.25, 0.3) is 0 Å². The van der Waals surface area contributed by atoms with E-state index in [1.54, 1.807) is 18.2 Å². The van der Waals surface area contributed by atoms with E-state index < -0.39 is 0 Å². The standard InChI is InChI=1S/C20H23ClN2O4/c1-4-26-17-11-16(23-20(25)14-9-7-6-8-13(14)3)18(27-5-2)10-15(17)22-19(24)12-21/h6-11H,4-5,12H2,1-3H3,(H,22,24)(H,23,25). The van der Waals surface area contributed by atoms with Crippen LogP contribution in [-0.4, -0.2) is 30.9 Å². The summed E-state index contributed by atoms with van der Waals surface area (Å²) in [6.07, 6.45) is 0. The molecule has 0 unspecified atom stereocenters. The van der Waals surface area contributed by atoms with E-state index in [0.29, 0.717) is 41.7 Å². The molecule has 144 valence electrons. The Labute approximate surface area is 163 Å². The normalized spacial score (nSPS) is 10.2. The van der Waals surface area contributed by atoms with Crippen molar-refractivity contribution in [2.75, 3.05) is 29.7 Å². The smallest absolute Gasteiger partial charge is 0.256 e. The molecule has 0 bridgehead atoms. The van der Waals surface area contributed by atoms with Crippen LogP contribution in [0.1, 0.15) is 29.8 Å². The highest BCUT2D eigenvalue weighted by atomic mass is 35.5. The molecule has 0 atom stereocenters. The first-order valence-electron chi connectivity index (χ1n) is 8.66. The van der Waals surface area contributed by atoms with Crippen LogP contribution in [0.15, 0.2) is 36.4 Å². The molecule has 27 heavy (non-hydrogen) atoms. The summed E-state index contributed by atoms with van der Waals surface area (Å²) in [6, 6.07) is 10.6. The molecule has 7 heteroatoms. The van der Waals surface area contributed by atoms with Gasteiger partial charge in [0.25, 0.3) is 5.91 Å². The Bertz CT molecular complexity index is 824. The zero-order valence-electron chi connectivity index (χ0n) is 15.6. The molecule has 0 spiro atoms. The summed E-state index contributed by atoms with van der Waals surface area (Å²) >= 11 is 5.57. The van der Waals surface area contributed by atoms with Gasteiger partial charge in [-0.15, -0.1) is 11.6 Å². The number of aryl methyl sites for hydroxylation is 1. The van der Waals surface area contributed by atoms with E-state index in [2.05, 4.69) is 10.6 Å². The molecule has 6 nitrogen and oxygen atoms in total.